The summed E-state index contributed by atoms with van der Waals surface area (Å²) in [4.78, 5) is 0. The fourth-order valence-electron chi connectivity index (χ4n) is 2.00. The highest BCUT2D eigenvalue weighted by atomic mass is 19.1. The van der Waals surface area contributed by atoms with Crippen LogP contribution in [0.2, 0.25) is 0 Å². The Labute approximate surface area is 84.3 Å². The largest absolute Gasteiger partial charge is 0.379 e. The van der Waals surface area contributed by atoms with E-state index in [2.05, 4.69) is 5.32 Å². The van der Waals surface area contributed by atoms with Crippen molar-refractivity contribution in [3.63, 3.8) is 0 Å². The highest BCUT2D eigenvalue weighted by molar-refractivity contribution is 5.43. The third-order valence-electron chi connectivity index (χ3n) is 2.81. The Balaban J connectivity index is 1.96. The van der Waals surface area contributed by atoms with Crippen molar-refractivity contribution in [2.45, 2.75) is 37.9 Å². The zero-order chi connectivity index (χ0) is 9.80. The average molecular weight is 193 g/mol. The molecule has 1 nitrogen and oxygen atoms in total. The van der Waals surface area contributed by atoms with Crippen LogP contribution >= 0.6 is 0 Å². The van der Waals surface area contributed by atoms with Gasteiger partial charge in [-0.05, 0) is 25.0 Å². The summed E-state index contributed by atoms with van der Waals surface area (Å²) in [5, 5.41) is 3.26. The van der Waals surface area contributed by atoms with Crippen LogP contribution in [0.15, 0.2) is 30.3 Å². The van der Waals surface area contributed by atoms with E-state index in [0.717, 1.165) is 24.9 Å². The van der Waals surface area contributed by atoms with E-state index >= 15 is 0 Å². The Morgan fingerprint density at radius 1 is 1.07 bits per heavy atom. The minimum Gasteiger partial charge on any atom is -0.379 e. The Morgan fingerprint density at radius 2 is 1.79 bits per heavy atom. The molecule has 1 aromatic rings. The summed E-state index contributed by atoms with van der Waals surface area (Å²) in [6.45, 7) is 0. The molecule has 2 heteroatoms. The topological polar surface area (TPSA) is 12.0 Å². The molecule has 1 aliphatic rings. The second kappa shape index (κ2) is 4.45. The maximum absolute atomic E-state index is 13.5. The molecule has 2 rings (SSSR count). The Kier molecular flexibility index (Phi) is 3.02. The van der Waals surface area contributed by atoms with E-state index in [1.807, 2.05) is 30.3 Å². The van der Waals surface area contributed by atoms with Gasteiger partial charge in [0.15, 0.2) is 0 Å². The van der Waals surface area contributed by atoms with Crippen molar-refractivity contribution < 1.29 is 4.39 Å². The third-order valence-corrected chi connectivity index (χ3v) is 2.81. The summed E-state index contributed by atoms with van der Waals surface area (Å²) in [7, 11) is 0. The van der Waals surface area contributed by atoms with E-state index in [9.17, 15) is 4.39 Å². The second-order valence-electron chi connectivity index (χ2n) is 3.92. The number of rotatable bonds is 2. The molecule has 0 heterocycles. The summed E-state index contributed by atoms with van der Waals surface area (Å²) in [6, 6.07) is 9.91. The summed E-state index contributed by atoms with van der Waals surface area (Å²) >= 11 is 0. The van der Waals surface area contributed by atoms with Gasteiger partial charge in [0.05, 0.1) is 6.04 Å². The van der Waals surface area contributed by atoms with E-state index in [4.69, 9.17) is 0 Å². The lowest BCUT2D eigenvalue weighted by molar-refractivity contribution is 0.230. The smallest absolute Gasteiger partial charge is 0.120 e. The number of benzene rings is 1. The van der Waals surface area contributed by atoms with Gasteiger partial charge in [0.2, 0.25) is 0 Å². The molecule has 0 aromatic heterocycles. The monoisotopic (exact) mass is 193 g/mol. The van der Waals surface area contributed by atoms with Gasteiger partial charge in [-0.15, -0.1) is 0 Å². The van der Waals surface area contributed by atoms with E-state index < -0.39 is 6.17 Å². The highest BCUT2D eigenvalue weighted by Crippen LogP contribution is 2.24. The van der Waals surface area contributed by atoms with Gasteiger partial charge in [-0.25, -0.2) is 4.39 Å². The van der Waals surface area contributed by atoms with Crippen LogP contribution in [0.5, 0.6) is 0 Å². The lowest BCUT2D eigenvalue weighted by Gasteiger charge is -2.27. The van der Waals surface area contributed by atoms with Crippen molar-refractivity contribution in [2.24, 2.45) is 0 Å². The van der Waals surface area contributed by atoms with E-state index in [1.54, 1.807) is 0 Å². The van der Waals surface area contributed by atoms with Gasteiger partial charge in [-0.1, -0.05) is 31.0 Å². The molecule has 0 amide bonds. The lowest BCUT2D eigenvalue weighted by Crippen LogP contribution is -2.33. The summed E-state index contributed by atoms with van der Waals surface area (Å²) in [6.07, 6.45) is 3.17. The molecular weight excluding hydrogens is 177 g/mol. The number of anilines is 1. The van der Waals surface area contributed by atoms with Crippen LogP contribution in [0.1, 0.15) is 25.7 Å². The van der Waals surface area contributed by atoms with E-state index in [1.165, 1.54) is 0 Å². The molecule has 1 saturated carbocycles. The van der Waals surface area contributed by atoms with Crippen LogP contribution in [-0.4, -0.2) is 12.2 Å². The summed E-state index contributed by atoms with van der Waals surface area (Å²) < 4.78 is 13.5. The molecule has 76 valence electrons. The molecule has 0 spiro atoms. The van der Waals surface area contributed by atoms with Gasteiger partial charge >= 0.3 is 0 Å². The van der Waals surface area contributed by atoms with Crippen LogP contribution in [0.4, 0.5) is 10.1 Å². The van der Waals surface area contributed by atoms with Crippen molar-refractivity contribution in [2.75, 3.05) is 5.32 Å². The van der Waals surface area contributed by atoms with Gasteiger partial charge in [-0.2, -0.15) is 0 Å². The minimum absolute atomic E-state index is 0.0196. The lowest BCUT2D eigenvalue weighted by atomic mass is 9.93. The number of alkyl halides is 1. The molecule has 2 atom stereocenters. The minimum atomic E-state index is -0.677. The van der Waals surface area contributed by atoms with E-state index in [0.29, 0.717) is 6.42 Å². The Bertz CT molecular complexity index is 273. The fourth-order valence-corrected chi connectivity index (χ4v) is 2.00. The van der Waals surface area contributed by atoms with Gasteiger partial charge in [-0.3, -0.25) is 0 Å². The van der Waals surface area contributed by atoms with Crippen LogP contribution in [0.3, 0.4) is 0 Å². The average Bonchev–Trinajstić information content (AvgIpc) is 2.23. The standard InChI is InChI=1S/C12H16FN/c13-11-8-4-5-9-12(11)14-10-6-2-1-3-7-10/h1-3,6-7,11-12,14H,4-5,8-9H2/t11-,12-/m0/s1. The van der Waals surface area contributed by atoms with Crippen LogP contribution in [0, 0.1) is 0 Å². The fraction of sp³-hybridized carbons (Fsp3) is 0.500. The van der Waals surface area contributed by atoms with Crippen LogP contribution < -0.4 is 5.32 Å². The summed E-state index contributed by atoms with van der Waals surface area (Å²) in [5.41, 5.74) is 1.03. The first-order chi connectivity index (χ1) is 6.86. The van der Waals surface area contributed by atoms with Crippen molar-refractivity contribution in [3.8, 4) is 0 Å². The van der Waals surface area contributed by atoms with Crippen molar-refractivity contribution in [1.29, 1.82) is 0 Å². The zero-order valence-corrected chi connectivity index (χ0v) is 8.25. The number of halogens is 1. The molecule has 0 saturated heterocycles. The molecule has 1 aliphatic carbocycles. The quantitative estimate of drug-likeness (QED) is 0.759. The van der Waals surface area contributed by atoms with Gasteiger partial charge < -0.3 is 5.32 Å². The first-order valence-corrected chi connectivity index (χ1v) is 5.32. The molecule has 14 heavy (non-hydrogen) atoms. The Morgan fingerprint density at radius 3 is 2.50 bits per heavy atom. The number of hydrogen-bond donors (Lipinski definition) is 1. The predicted octanol–water partition coefficient (Wildman–Crippen LogP) is 3.38. The van der Waals surface area contributed by atoms with Crippen molar-refractivity contribution >= 4 is 5.69 Å². The third kappa shape index (κ3) is 2.25. The first-order valence-electron chi connectivity index (χ1n) is 5.32. The maximum atomic E-state index is 13.5. The van der Waals surface area contributed by atoms with Crippen molar-refractivity contribution in [1.82, 2.24) is 0 Å². The van der Waals surface area contributed by atoms with Gasteiger partial charge in [0, 0.05) is 5.69 Å². The molecule has 0 radical (unpaired) electrons. The van der Waals surface area contributed by atoms with E-state index in [-0.39, 0.29) is 6.04 Å². The second-order valence-corrected chi connectivity index (χ2v) is 3.92. The summed E-state index contributed by atoms with van der Waals surface area (Å²) in [5.74, 6) is 0. The van der Waals surface area contributed by atoms with Gasteiger partial charge in [0.1, 0.15) is 6.17 Å². The zero-order valence-electron chi connectivity index (χ0n) is 8.25. The molecule has 1 aromatic carbocycles. The SMILES string of the molecule is F[C@H]1CCCC[C@@H]1Nc1ccccc1. The molecule has 0 aliphatic heterocycles. The van der Waals surface area contributed by atoms with Crippen molar-refractivity contribution in [3.05, 3.63) is 30.3 Å². The molecule has 1 fully saturated rings. The predicted molar refractivity (Wildman–Crippen MR) is 57.2 cm³/mol. The highest BCUT2D eigenvalue weighted by Gasteiger charge is 2.24. The van der Waals surface area contributed by atoms with Crippen LogP contribution in [0.25, 0.3) is 0 Å². The molecular formula is C12H16FN. The maximum Gasteiger partial charge on any atom is 0.120 e. The first kappa shape index (κ1) is 9.50. The number of nitrogens with one attached hydrogen (secondary N) is 1. The molecule has 0 unspecified atom stereocenters. The molecule has 0 bridgehead atoms. The number of para-hydroxylation sites is 1. The Hall–Kier alpha value is -1.05. The number of hydrogen-bond acceptors (Lipinski definition) is 1. The van der Waals surface area contributed by atoms with Crippen LogP contribution in [-0.2, 0) is 0 Å². The molecule has 1 N–H and O–H groups in total. The normalized spacial score (nSPS) is 27.2. The van der Waals surface area contributed by atoms with Gasteiger partial charge in [0.25, 0.3) is 0 Å².